The summed E-state index contributed by atoms with van der Waals surface area (Å²) in [4.78, 5) is 15.5. The average molecular weight is 294 g/mol. The van der Waals surface area contributed by atoms with Crippen molar-refractivity contribution in [1.82, 2.24) is 14.6 Å². The summed E-state index contributed by atoms with van der Waals surface area (Å²) in [6.07, 6.45) is -1.39. The maximum absolute atomic E-state index is 11.3. The van der Waals surface area contributed by atoms with Crippen LogP contribution >= 0.6 is 0 Å². The topological polar surface area (TPSA) is 143 Å². The molecule has 0 radical (unpaired) electrons. The molecule has 2 aromatic heterocycles. The van der Waals surface area contributed by atoms with Gasteiger partial charge in [0.15, 0.2) is 5.65 Å². The number of amides is 1. The number of aliphatic hydroxyl groups is 3. The van der Waals surface area contributed by atoms with Crippen LogP contribution in [0.5, 0.6) is 0 Å². The van der Waals surface area contributed by atoms with Gasteiger partial charge in [-0.2, -0.15) is 5.10 Å². The molecule has 5 N–H and O–H groups in total. The molecule has 1 aliphatic rings. The fraction of sp³-hybridized carbons (Fsp3) is 0.417. The molecule has 4 atom stereocenters. The van der Waals surface area contributed by atoms with Gasteiger partial charge in [0, 0.05) is 6.20 Å². The second kappa shape index (κ2) is 5.04. The number of hydrogen-bond acceptors (Lipinski definition) is 7. The van der Waals surface area contributed by atoms with Crippen LogP contribution in [0.2, 0.25) is 0 Å². The minimum atomic E-state index is -1.22. The van der Waals surface area contributed by atoms with Crippen molar-refractivity contribution < 1.29 is 24.9 Å². The molecular formula is C12H14N4O5. The van der Waals surface area contributed by atoms with Crippen LogP contribution in [0.4, 0.5) is 0 Å². The largest absolute Gasteiger partial charge is 0.394 e. The zero-order valence-corrected chi connectivity index (χ0v) is 10.8. The van der Waals surface area contributed by atoms with Gasteiger partial charge in [0.2, 0.25) is 0 Å². The molecule has 9 nitrogen and oxygen atoms in total. The van der Waals surface area contributed by atoms with E-state index in [1.165, 1.54) is 10.7 Å². The number of primary amides is 1. The Bertz CT molecular complexity index is 687. The second-order valence-corrected chi connectivity index (χ2v) is 4.80. The van der Waals surface area contributed by atoms with E-state index in [1.807, 2.05) is 0 Å². The van der Waals surface area contributed by atoms with E-state index in [9.17, 15) is 15.0 Å². The highest BCUT2D eigenvalue weighted by Crippen LogP contribution is 2.32. The zero-order chi connectivity index (χ0) is 15.1. The van der Waals surface area contributed by atoms with E-state index in [0.717, 1.165) is 0 Å². The highest BCUT2D eigenvalue weighted by atomic mass is 16.6. The highest BCUT2D eigenvalue weighted by molar-refractivity contribution is 5.98. The molecule has 0 unspecified atom stereocenters. The second-order valence-electron chi connectivity index (χ2n) is 4.80. The van der Waals surface area contributed by atoms with E-state index in [0.29, 0.717) is 5.69 Å². The molecule has 0 aromatic carbocycles. The number of rotatable bonds is 3. The van der Waals surface area contributed by atoms with E-state index in [1.54, 1.807) is 12.3 Å². The Balaban J connectivity index is 2.01. The van der Waals surface area contributed by atoms with Crippen LogP contribution in [0.25, 0.3) is 5.65 Å². The molecule has 0 saturated carbocycles. The Morgan fingerprint density at radius 3 is 2.81 bits per heavy atom. The van der Waals surface area contributed by atoms with Gasteiger partial charge in [-0.1, -0.05) is 0 Å². The number of nitrogens with two attached hydrogens (primary N) is 1. The molecule has 2 aromatic rings. The molecule has 9 heteroatoms. The monoisotopic (exact) mass is 294 g/mol. The standard InChI is InChI=1S/C12H14N4O5/c13-11(20)5-3-14-16-2-1-6(15-12(5)16)10-9(19)8(18)7(4-17)21-10/h1-3,7-10,17-19H,4H2,(H2,13,20)/t7-,8-,9-,10+/m1/s1. The minimum Gasteiger partial charge on any atom is -0.394 e. The molecule has 1 fully saturated rings. The number of aromatic nitrogens is 3. The fourth-order valence-corrected chi connectivity index (χ4v) is 2.36. The van der Waals surface area contributed by atoms with Crippen molar-refractivity contribution in [2.24, 2.45) is 5.73 Å². The molecule has 1 aliphatic heterocycles. The first-order chi connectivity index (χ1) is 10.0. The van der Waals surface area contributed by atoms with Gasteiger partial charge in [-0.25, -0.2) is 9.50 Å². The number of nitrogens with zero attached hydrogens (tertiary/aromatic N) is 3. The molecule has 1 amide bonds. The molecule has 21 heavy (non-hydrogen) atoms. The summed E-state index contributed by atoms with van der Waals surface area (Å²) in [5.74, 6) is -0.671. The van der Waals surface area contributed by atoms with Gasteiger partial charge in [-0.05, 0) is 6.07 Å². The van der Waals surface area contributed by atoms with E-state index in [-0.39, 0.29) is 11.2 Å². The molecule has 3 rings (SSSR count). The third kappa shape index (κ3) is 2.16. The van der Waals surface area contributed by atoms with E-state index < -0.39 is 36.9 Å². The van der Waals surface area contributed by atoms with E-state index in [2.05, 4.69) is 10.1 Å². The van der Waals surface area contributed by atoms with Crippen LogP contribution in [0.1, 0.15) is 22.2 Å². The molecule has 112 valence electrons. The minimum absolute atomic E-state index is 0.142. The first-order valence-electron chi connectivity index (χ1n) is 6.29. The van der Waals surface area contributed by atoms with E-state index >= 15 is 0 Å². The third-order valence-electron chi connectivity index (χ3n) is 3.49. The Hall–Kier alpha value is -2.07. The van der Waals surface area contributed by atoms with Gasteiger partial charge < -0.3 is 25.8 Å². The summed E-state index contributed by atoms with van der Waals surface area (Å²) < 4.78 is 6.75. The van der Waals surface area contributed by atoms with Crippen molar-refractivity contribution in [1.29, 1.82) is 0 Å². The number of fused-ring (bicyclic) bond motifs is 1. The lowest BCUT2D eigenvalue weighted by molar-refractivity contribution is -0.0239. The molecule has 0 bridgehead atoms. The van der Waals surface area contributed by atoms with Gasteiger partial charge in [0.1, 0.15) is 30.0 Å². The summed E-state index contributed by atoms with van der Waals surface area (Å²) in [7, 11) is 0. The van der Waals surface area contributed by atoms with Crippen LogP contribution in [0.15, 0.2) is 18.5 Å². The summed E-state index contributed by atoms with van der Waals surface area (Å²) in [5, 5.41) is 32.7. The van der Waals surface area contributed by atoms with Crippen LogP contribution in [0.3, 0.4) is 0 Å². The Labute approximate surface area is 118 Å². The smallest absolute Gasteiger partial charge is 0.254 e. The summed E-state index contributed by atoms with van der Waals surface area (Å²) in [6.45, 7) is -0.420. The summed E-state index contributed by atoms with van der Waals surface area (Å²) >= 11 is 0. The predicted octanol–water partition coefficient (Wildman–Crippen LogP) is -2.02. The predicted molar refractivity (Wildman–Crippen MR) is 68.2 cm³/mol. The van der Waals surface area contributed by atoms with Crippen LogP contribution in [-0.4, -0.2) is 60.7 Å². The number of aliphatic hydroxyl groups excluding tert-OH is 3. The molecular weight excluding hydrogens is 280 g/mol. The van der Waals surface area contributed by atoms with Crippen LogP contribution < -0.4 is 5.73 Å². The number of ether oxygens (including phenoxy) is 1. The Morgan fingerprint density at radius 1 is 1.43 bits per heavy atom. The number of carbonyl (C=O) groups is 1. The number of hydrogen-bond donors (Lipinski definition) is 4. The molecule has 0 aliphatic carbocycles. The molecule has 3 heterocycles. The molecule has 1 saturated heterocycles. The quantitative estimate of drug-likeness (QED) is 0.511. The number of carbonyl (C=O) groups excluding carboxylic acids is 1. The zero-order valence-electron chi connectivity index (χ0n) is 10.8. The summed E-state index contributed by atoms with van der Waals surface area (Å²) in [6, 6.07) is 1.55. The SMILES string of the molecule is NC(=O)c1cnn2ccc([C@@H]3O[C@H](CO)[C@@H](O)[C@H]3O)nc12. The van der Waals surface area contributed by atoms with Gasteiger partial charge in [0.05, 0.1) is 18.5 Å². The van der Waals surface area contributed by atoms with Crippen LogP contribution in [-0.2, 0) is 4.74 Å². The van der Waals surface area contributed by atoms with Crippen molar-refractivity contribution in [3.05, 3.63) is 29.7 Å². The van der Waals surface area contributed by atoms with Gasteiger partial charge >= 0.3 is 0 Å². The maximum Gasteiger partial charge on any atom is 0.254 e. The van der Waals surface area contributed by atoms with Gasteiger partial charge in [0.25, 0.3) is 5.91 Å². The Morgan fingerprint density at radius 2 is 2.19 bits per heavy atom. The first kappa shape index (κ1) is 13.9. The lowest BCUT2D eigenvalue weighted by Gasteiger charge is -2.14. The van der Waals surface area contributed by atoms with Crippen molar-refractivity contribution in [2.45, 2.75) is 24.4 Å². The average Bonchev–Trinajstić information content (AvgIpc) is 3.01. The third-order valence-corrected chi connectivity index (χ3v) is 3.49. The molecule has 0 spiro atoms. The van der Waals surface area contributed by atoms with Crippen molar-refractivity contribution in [3.63, 3.8) is 0 Å². The van der Waals surface area contributed by atoms with Crippen molar-refractivity contribution >= 4 is 11.6 Å². The maximum atomic E-state index is 11.3. The van der Waals surface area contributed by atoms with Crippen LogP contribution in [0, 0.1) is 0 Å². The van der Waals surface area contributed by atoms with E-state index in [4.69, 9.17) is 15.6 Å². The Kier molecular flexibility index (Phi) is 3.33. The van der Waals surface area contributed by atoms with Gasteiger partial charge in [-0.3, -0.25) is 4.79 Å². The highest BCUT2D eigenvalue weighted by Gasteiger charge is 2.43. The van der Waals surface area contributed by atoms with Gasteiger partial charge in [-0.15, -0.1) is 0 Å². The van der Waals surface area contributed by atoms with Crippen molar-refractivity contribution in [2.75, 3.05) is 6.61 Å². The first-order valence-corrected chi connectivity index (χ1v) is 6.29. The van der Waals surface area contributed by atoms with Crippen molar-refractivity contribution in [3.8, 4) is 0 Å². The summed E-state index contributed by atoms with van der Waals surface area (Å²) in [5.41, 5.74) is 5.92. The lowest BCUT2D eigenvalue weighted by Crippen LogP contribution is -2.32. The fourth-order valence-electron chi connectivity index (χ4n) is 2.36. The lowest BCUT2D eigenvalue weighted by atomic mass is 10.1. The normalized spacial score (nSPS) is 29.1.